The zero-order valence-corrected chi connectivity index (χ0v) is 13.2. The van der Waals surface area contributed by atoms with E-state index in [0.29, 0.717) is 5.92 Å². The van der Waals surface area contributed by atoms with Crippen LogP contribution in [0.4, 0.5) is 0 Å². The maximum absolute atomic E-state index is 12.6. The van der Waals surface area contributed by atoms with Gasteiger partial charge in [0.15, 0.2) is 0 Å². The van der Waals surface area contributed by atoms with Gasteiger partial charge in [0.05, 0.1) is 6.20 Å². The molecule has 1 unspecified atom stereocenters. The molecule has 118 valence electrons. The van der Waals surface area contributed by atoms with Crippen molar-refractivity contribution in [1.29, 1.82) is 0 Å². The number of carbonyl (C=O) groups excluding carboxylic acids is 1. The molecular formula is C15H26N4O2. The predicted octanol–water partition coefficient (Wildman–Crippen LogP) is 0.956. The van der Waals surface area contributed by atoms with Crippen LogP contribution in [-0.4, -0.2) is 54.4 Å². The second-order valence-electron chi connectivity index (χ2n) is 5.77. The Bertz CT molecular complexity index is 454. The molecule has 1 aliphatic rings. The molecule has 1 N–H and O–H groups in total. The molecule has 1 aromatic heterocycles. The molecule has 1 atom stereocenters. The lowest BCUT2D eigenvalue weighted by Gasteiger charge is -2.27. The summed E-state index contributed by atoms with van der Waals surface area (Å²) in [5.74, 6) is 0.776. The van der Waals surface area contributed by atoms with Crippen molar-refractivity contribution in [3.05, 3.63) is 18.0 Å². The van der Waals surface area contributed by atoms with E-state index in [0.717, 1.165) is 44.6 Å². The van der Waals surface area contributed by atoms with Gasteiger partial charge in [-0.15, -0.1) is 0 Å². The first kappa shape index (κ1) is 16.0. The number of likely N-dealkylation sites (N-methyl/N-ethyl adjacent to an activating group) is 2. The average molecular weight is 294 g/mol. The van der Waals surface area contributed by atoms with Gasteiger partial charge in [-0.05, 0) is 32.2 Å². The van der Waals surface area contributed by atoms with Gasteiger partial charge in [0.2, 0.25) is 5.91 Å². The standard InChI is InChI=1S/C15H26N4O2/c1-16-14(13-10-17-19(3)11-13)15(20)18(2)7-4-12-5-8-21-9-6-12/h10-12,14,16H,4-9H2,1-3H3. The SMILES string of the molecule is CNC(C(=O)N(C)CCC1CCOCC1)c1cnn(C)c1. The number of amides is 1. The molecule has 6 heteroatoms. The summed E-state index contributed by atoms with van der Waals surface area (Å²) >= 11 is 0. The molecule has 0 aliphatic carbocycles. The number of aryl methyl sites for hydroxylation is 1. The van der Waals surface area contributed by atoms with E-state index in [1.54, 1.807) is 10.9 Å². The van der Waals surface area contributed by atoms with E-state index in [4.69, 9.17) is 4.74 Å². The zero-order valence-electron chi connectivity index (χ0n) is 13.2. The Balaban J connectivity index is 1.87. The number of carbonyl (C=O) groups is 1. The predicted molar refractivity (Wildman–Crippen MR) is 80.8 cm³/mol. The van der Waals surface area contributed by atoms with Crippen molar-refractivity contribution >= 4 is 5.91 Å². The van der Waals surface area contributed by atoms with E-state index in [-0.39, 0.29) is 11.9 Å². The van der Waals surface area contributed by atoms with E-state index < -0.39 is 0 Å². The number of ether oxygens (including phenoxy) is 1. The summed E-state index contributed by atoms with van der Waals surface area (Å²) in [5.41, 5.74) is 0.905. The first-order chi connectivity index (χ1) is 10.1. The highest BCUT2D eigenvalue weighted by Gasteiger charge is 2.24. The molecule has 2 rings (SSSR count). The van der Waals surface area contributed by atoms with E-state index in [1.165, 1.54) is 0 Å². The Morgan fingerprint density at radius 2 is 2.29 bits per heavy atom. The topological polar surface area (TPSA) is 59.4 Å². The van der Waals surface area contributed by atoms with Crippen molar-refractivity contribution in [2.24, 2.45) is 13.0 Å². The largest absolute Gasteiger partial charge is 0.381 e. The molecule has 0 radical (unpaired) electrons. The molecule has 0 aromatic carbocycles. The lowest BCUT2D eigenvalue weighted by Crippen LogP contribution is -2.38. The van der Waals surface area contributed by atoms with Crippen LogP contribution in [0.3, 0.4) is 0 Å². The molecular weight excluding hydrogens is 268 g/mol. The van der Waals surface area contributed by atoms with Crippen LogP contribution in [0.2, 0.25) is 0 Å². The molecule has 1 amide bonds. The van der Waals surface area contributed by atoms with Gasteiger partial charge in [0, 0.05) is 45.6 Å². The van der Waals surface area contributed by atoms with Crippen molar-refractivity contribution in [1.82, 2.24) is 20.0 Å². The minimum atomic E-state index is -0.321. The quantitative estimate of drug-likeness (QED) is 0.849. The molecule has 2 heterocycles. The second-order valence-corrected chi connectivity index (χ2v) is 5.77. The highest BCUT2D eigenvalue weighted by Crippen LogP contribution is 2.20. The van der Waals surface area contributed by atoms with E-state index >= 15 is 0 Å². The van der Waals surface area contributed by atoms with Crippen LogP contribution < -0.4 is 5.32 Å². The smallest absolute Gasteiger partial charge is 0.244 e. The van der Waals surface area contributed by atoms with Gasteiger partial charge in [-0.3, -0.25) is 9.48 Å². The minimum absolute atomic E-state index is 0.0950. The molecule has 21 heavy (non-hydrogen) atoms. The Morgan fingerprint density at radius 3 is 2.86 bits per heavy atom. The lowest BCUT2D eigenvalue weighted by molar-refractivity contribution is -0.132. The Labute approximate surface area is 126 Å². The normalized spacial score (nSPS) is 17.7. The van der Waals surface area contributed by atoms with Crippen LogP contribution in [0.5, 0.6) is 0 Å². The summed E-state index contributed by atoms with van der Waals surface area (Å²) in [7, 11) is 5.54. The first-order valence-corrected chi connectivity index (χ1v) is 7.60. The van der Waals surface area contributed by atoms with Crippen molar-refractivity contribution in [3.63, 3.8) is 0 Å². The van der Waals surface area contributed by atoms with Crippen molar-refractivity contribution in [2.75, 3.05) is 33.9 Å². The van der Waals surface area contributed by atoms with E-state index in [9.17, 15) is 4.79 Å². The molecule has 0 bridgehead atoms. The minimum Gasteiger partial charge on any atom is -0.381 e. The number of hydrogen-bond donors (Lipinski definition) is 1. The molecule has 6 nitrogen and oxygen atoms in total. The van der Waals surface area contributed by atoms with Gasteiger partial charge in [-0.25, -0.2) is 0 Å². The number of hydrogen-bond acceptors (Lipinski definition) is 4. The summed E-state index contributed by atoms with van der Waals surface area (Å²) in [6.45, 7) is 2.51. The maximum Gasteiger partial charge on any atom is 0.244 e. The second kappa shape index (κ2) is 7.56. The fourth-order valence-electron chi connectivity index (χ4n) is 2.76. The highest BCUT2D eigenvalue weighted by molar-refractivity contribution is 5.82. The van der Waals surface area contributed by atoms with Gasteiger partial charge >= 0.3 is 0 Å². The molecule has 1 aromatic rings. The fraction of sp³-hybridized carbons (Fsp3) is 0.733. The van der Waals surface area contributed by atoms with E-state index in [2.05, 4.69) is 10.4 Å². The Morgan fingerprint density at radius 1 is 1.57 bits per heavy atom. The number of aromatic nitrogens is 2. The summed E-state index contributed by atoms with van der Waals surface area (Å²) in [4.78, 5) is 14.4. The van der Waals surface area contributed by atoms with Crippen LogP contribution in [0.15, 0.2) is 12.4 Å². The van der Waals surface area contributed by atoms with Crippen LogP contribution in [0.25, 0.3) is 0 Å². The first-order valence-electron chi connectivity index (χ1n) is 7.60. The summed E-state index contributed by atoms with van der Waals surface area (Å²) in [6.07, 6.45) is 6.89. The van der Waals surface area contributed by atoms with Gasteiger partial charge in [-0.1, -0.05) is 0 Å². The number of nitrogens with one attached hydrogen (secondary N) is 1. The van der Waals surface area contributed by atoms with E-state index in [1.807, 2.05) is 32.2 Å². The number of nitrogens with zero attached hydrogens (tertiary/aromatic N) is 3. The molecule has 1 fully saturated rings. The third-order valence-electron chi connectivity index (χ3n) is 4.18. The fourth-order valence-corrected chi connectivity index (χ4v) is 2.76. The molecule has 1 saturated heterocycles. The van der Waals surface area contributed by atoms with Crippen molar-refractivity contribution in [2.45, 2.75) is 25.3 Å². The molecule has 0 spiro atoms. The van der Waals surface area contributed by atoms with Crippen LogP contribution in [0.1, 0.15) is 30.9 Å². The Kier molecular flexibility index (Phi) is 5.76. The lowest BCUT2D eigenvalue weighted by atomic mass is 9.96. The third kappa shape index (κ3) is 4.28. The number of rotatable bonds is 6. The van der Waals surface area contributed by atoms with Crippen LogP contribution in [0, 0.1) is 5.92 Å². The van der Waals surface area contributed by atoms with Gasteiger partial charge in [0.1, 0.15) is 6.04 Å². The maximum atomic E-state index is 12.6. The summed E-state index contributed by atoms with van der Waals surface area (Å²) in [6, 6.07) is -0.321. The Hall–Kier alpha value is -1.40. The summed E-state index contributed by atoms with van der Waals surface area (Å²) < 4.78 is 7.09. The van der Waals surface area contributed by atoms with Gasteiger partial charge in [-0.2, -0.15) is 5.10 Å². The monoisotopic (exact) mass is 294 g/mol. The average Bonchev–Trinajstić information content (AvgIpc) is 2.92. The third-order valence-corrected chi connectivity index (χ3v) is 4.18. The van der Waals surface area contributed by atoms with Gasteiger partial charge in [0.25, 0.3) is 0 Å². The van der Waals surface area contributed by atoms with Gasteiger partial charge < -0.3 is 15.0 Å². The summed E-state index contributed by atoms with van der Waals surface area (Å²) in [5, 5.41) is 7.22. The van der Waals surface area contributed by atoms with Crippen molar-refractivity contribution in [3.8, 4) is 0 Å². The zero-order chi connectivity index (χ0) is 15.2. The molecule has 1 aliphatic heterocycles. The molecule has 0 saturated carbocycles. The van der Waals surface area contributed by atoms with Crippen LogP contribution in [-0.2, 0) is 16.6 Å². The van der Waals surface area contributed by atoms with Crippen molar-refractivity contribution < 1.29 is 9.53 Å². The van der Waals surface area contributed by atoms with Crippen LogP contribution >= 0.6 is 0 Å². The highest BCUT2D eigenvalue weighted by atomic mass is 16.5.